The Morgan fingerprint density at radius 2 is 1.86 bits per heavy atom. The third-order valence-electron chi connectivity index (χ3n) is 4.14. The predicted molar refractivity (Wildman–Crippen MR) is 129 cm³/mol. The fourth-order valence-electron chi connectivity index (χ4n) is 2.61. The number of nitrogens with one attached hydrogen (secondary N) is 3. The summed E-state index contributed by atoms with van der Waals surface area (Å²) < 4.78 is 36.7. The minimum atomic E-state index is -5.08. The van der Waals surface area contributed by atoms with E-state index in [1.807, 2.05) is 0 Å². The van der Waals surface area contributed by atoms with E-state index in [0.717, 1.165) is 0 Å². The number of halogens is 3. The molecule has 1 aromatic heterocycles. The van der Waals surface area contributed by atoms with E-state index in [-0.39, 0.29) is 24.7 Å². The molecule has 2 amide bonds. The van der Waals surface area contributed by atoms with Gasteiger partial charge in [-0.3, -0.25) is 19.4 Å². The molecule has 37 heavy (non-hydrogen) atoms. The first kappa shape index (κ1) is 30.8. The number of anilines is 1. The van der Waals surface area contributed by atoms with Crippen molar-refractivity contribution in [2.75, 3.05) is 18.5 Å². The van der Waals surface area contributed by atoms with Crippen LogP contribution in [0.3, 0.4) is 0 Å². The third kappa shape index (κ3) is 12.3. The van der Waals surface area contributed by atoms with Crippen LogP contribution < -0.4 is 21.7 Å². The van der Waals surface area contributed by atoms with Gasteiger partial charge < -0.3 is 31.5 Å². The Kier molecular flexibility index (Phi) is 12.5. The summed E-state index contributed by atoms with van der Waals surface area (Å²) in [4.78, 5) is 49.5. The molecular formula is C22H24F3N5O6S. The fourth-order valence-corrected chi connectivity index (χ4v) is 2.73. The van der Waals surface area contributed by atoms with Crippen LogP contribution in [-0.2, 0) is 19.1 Å². The Bertz CT molecular complexity index is 1100. The van der Waals surface area contributed by atoms with E-state index < -0.39 is 36.0 Å². The average molecular weight is 544 g/mol. The maximum Gasteiger partial charge on any atom is 0.490 e. The van der Waals surface area contributed by atoms with Crippen molar-refractivity contribution in [1.82, 2.24) is 15.6 Å². The van der Waals surface area contributed by atoms with Gasteiger partial charge in [0.05, 0.1) is 25.6 Å². The minimum Gasteiger partial charge on any atom is -0.475 e. The number of carbonyl (C=O) groups is 4. The van der Waals surface area contributed by atoms with Gasteiger partial charge in [0.15, 0.2) is 5.11 Å². The number of thiocarbonyl (C=S) groups is 1. The molecule has 200 valence electrons. The van der Waals surface area contributed by atoms with Gasteiger partial charge in [0.25, 0.3) is 5.91 Å². The molecule has 0 spiro atoms. The molecule has 15 heteroatoms. The molecule has 1 atom stereocenters. The zero-order valence-corrected chi connectivity index (χ0v) is 20.2. The standard InChI is InChI=1S/C20H23N5O4S.C2HF3O2/c1-2-29-18(27)10-16(14-6-4-8-22-11-14)25-17(26)12-23-19(28)13-5-3-7-15(9-13)24-20(21)30;3-2(4,5)1(6)7/h3-9,11,16H,2,10,12H2,1H3,(H,23,28)(H,25,26)(H3,21,24,30);(H,6,7). The number of ether oxygens (including phenoxy) is 1. The molecule has 1 heterocycles. The minimum absolute atomic E-state index is 0.0497. The van der Waals surface area contributed by atoms with Crippen LogP contribution in [0, 0.1) is 0 Å². The molecule has 1 aromatic carbocycles. The molecule has 2 rings (SSSR count). The van der Waals surface area contributed by atoms with Crippen molar-refractivity contribution in [2.45, 2.75) is 25.6 Å². The van der Waals surface area contributed by atoms with E-state index in [0.29, 0.717) is 16.8 Å². The second-order valence-electron chi connectivity index (χ2n) is 6.97. The summed E-state index contributed by atoms with van der Waals surface area (Å²) in [6.45, 7) is 1.67. The lowest BCUT2D eigenvalue weighted by atomic mass is 10.1. The predicted octanol–water partition coefficient (Wildman–Crippen LogP) is 1.91. The number of esters is 1. The summed E-state index contributed by atoms with van der Waals surface area (Å²) in [6, 6.07) is 9.35. The van der Waals surface area contributed by atoms with Crippen LogP contribution >= 0.6 is 12.2 Å². The van der Waals surface area contributed by atoms with Crippen molar-refractivity contribution in [2.24, 2.45) is 5.73 Å². The van der Waals surface area contributed by atoms with Crippen molar-refractivity contribution in [3.63, 3.8) is 0 Å². The third-order valence-corrected chi connectivity index (χ3v) is 4.24. The molecule has 0 aliphatic heterocycles. The summed E-state index contributed by atoms with van der Waals surface area (Å²) in [5.74, 6) is -4.11. The monoisotopic (exact) mass is 543 g/mol. The fraction of sp³-hybridized carbons (Fsp3) is 0.273. The lowest BCUT2D eigenvalue weighted by Crippen LogP contribution is -2.39. The molecule has 0 aliphatic carbocycles. The molecule has 0 fully saturated rings. The molecule has 0 aliphatic rings. The van der Waals surface area contributed by atoms with Crippen LogP contribution in [0.25, 0.3) is 0 Å². The molecule has 0 radical (unpaired) electrons. The van der Waals surface area contributed by atoms with Gasteiger partial charge in [-0.2, -0.15) is 13.2 Å². The number of nitrogens with two attached hydrogens (primary N) is 1. The Labute approximate surface area is 214 Å². The highest BCUT2D eigenvalue weighted by Gasteiger charge is 2.38. The van der Waals surface area contributed by atoms with E-state index in [2.05, 4.69) is 20.9 Å². The number of carboxylic acid groups (broad SMARTS) is 1. The lowest BCUT2D eigenvalue weighted by Gasteiger charge is -2.18. The summed E-state index contributed by atoms with van der Waals surface area (Å²) in [5.41, 5.74) is 6.97. The lowest BCUT2D eigenvalue weighted by molar-refractivity contribution is -0.192. The van der Waals surface area contributed by atoms with Gasteiger partial charge in [0, 0.05) is 23.6 Å². The molecule has 6 N–H and O–H groups in total. The summed E-state index contributed by atoms with van der Waals surface area (Å²) in [7, 11) is 0. The summed E-state index contributed by atoms with van der Waals surface area (Å²) in [6.07, 6.45) is -1.98. The number of rotatable bonds is 9. The van der Waals surface area contributed by atoms with Crippen molar-refractivity contribution in [3.8, 4) is 0 Å². The Hall–Kier alpha value is -4.27. The highest BCUT2D eigenvalue weighted by Crippen LogP contribution is 2.16. The number of aromatic nitrogens is 1. The Morgan fingerprint density at radius 1 is 1.19 bits per heavy atom. The maximum atomic E-state index is 12.4. The van der Waals surface area contributed by atoms with Gasteiger partial charge in [-0.1, -0.05) is 12.1 Å². The maximum absolute atomic E-state index is 12.4. The smallest absolute Gasteiger partial charge is 0.475 e. The second kappa shape index (κ2) is 15.0. The van der Waals surface area contributed by atoms with Gasteiger partial charge in [-0.15, -0.1) is 0 Å². The number of carboxylic acids is 1. The Balaban J connectivity index is 0.000000856. The van der Waals surface area contributed by atoms with Crippen molar-refractivity contribution >= 4 is 46.8 Å². The van der Waals surface area contributed by atoms with E-state index in [1.54, 1.807) is 55.7 Å². The van der Waals surface area contributed by atoms with Gasteiger partial charge in [-0.05, 0) is 49.0 Å². The number of hydrogen-bond donors (Lipinski definition) is 5. The molecule has 1 unspecified atom stereocenters. The molecule has 11 nitrogen and oxygen atoms in total. The van der Waals surface area contributed by atoms with E-state index in [1.165, 1.54) is 0 Å². The average Bonchev–Trinajstić information content (AvgIpc) is 2.82. The Morgan fingerprint density at radius 3 is 2.41 bits per heavy atom. The van der Waals surface area contributed by atoms with Crippen LogP contribution in [0.5, 0.6) is 0 Å². The molecule has 2 aromatic rings. The first-order valence-corrected chi connectivity index (χ1v) is 10.8. The summed E-state index contributed by atoms with van der Waals surface area (Å²) >= 11 is 4.77. The van der Waals surface area contributed by atoms with Crippen LogP contribution in [0.1, 0.15) is 35.3 Å². The van der Waals surface area contributed by atoms with Gasteiger partial charge in [0.2, 0.25) is 5.91 Å². The van der Waals surface area contributed by atoms with Crippen LogP contribution in [-0.4, -0.2) is 58.3 Å². The molecular weight excluding hydrogens is 519 g/mol. The highest BCUT2D eigenvalue weighted by atomic mass is 32.1. The molecule has 0 bridgehead atoms. The quantitative estimate of drug-likeness (QED) is 0.232. The number of pyridine rings is 1. The normalized spacial score (nSPS) is 11.1. The van der Waals surface area contributed by atoms with Gasteiger partial charge in [0.1, 0.15) is 0 Å². The largest absolute Gasteiger partial charge is 0.490 e. The molecule has 0 saturated heterocycles. The highest BCUT2D eigenvalue weighted by molar-refractivity contribution is 7.80. The number of benzene rings is 1. The number of aliphatic carboxylic acids is 1. The van der Waals surface area contributed by atoms with Crippen LogP contribution in [0.4, 0.5) is 18.9 Å². The van der Waals surface area contributed by atoms with Crippen molar-refractivity contribution in [1.29, 1.82) is 0 Å². The number of amides is 2. The summed E-state index contributed by atoms with van der Waals surface area (Å²) in [5, 5.41) is 15.2. The van der Waals surface area contributed by atoms with Gasteiger partial charge >= 0.3 is 18.1 Å². The van der Waals surface area contributed by atoms with E-state index in [4.69, 9.17) is 32.6 Å². The topological polar surface area (TPSA) is 173 Å². The number of carbonyl (C=O) groups excluding carboxylic acids is 3. The number of alkyl halides is 3. The van der Waals surface area contributed by atoms with Crippen molar-refractivity contribution in [3.05, 3.63) is 59.9 Å². The van der Waals surface area contributed by atoms with Crippen LogP contribution in [0.15, 0.2) is 48.8 Å². The number of nitrogens with zero attached hydrogens (tertiary/aromatic N) is 1. The zero-order chi connectivity index (χ0) is 28.0. The number of hydrogen-bond acceptors (Lipinski definition) is 7. The van der Waals surface area contributed by atoms with Crippen LogP contribution in [0.2, 0.25) is 0 Å². The van der Waals surface area contributed by atoms with E-state index >= 15 is 0 Å². The molecule has 0 saturated carbocycles. The van der Waals surface area contributed by atoms with Gasteiger partial charge in [-0.25, -0.2) is 4.79 Å². The van der Waals surface area contributed by atoms with Crippen molar-refractivity contribution < 1.29 is 42.2 Å². The SMILES string of the molecule is CCOC(=O)CC(NC(=O)CNC(=O)c1cccc(NC(N)=S)c1)c1cccnc1.O=C(O)C(F)(F)F. The van der Waals surface area contributed by atoms with E-state index in [9.17, 15) is 27.6 Å². The first-order chi connectivity index (χ1) is 17.3. The first-order valence-electron chi connectivity index (χ1n) is 10.4. The second-order valence-corrected chi connectivity index (χ2v) is 7.41. The zero-order valence-electron chi connectivity index (χ0n) is 19.4.